The highest BCUT2D eigenvalue weighted by atomic mass is 16.5. The van der Waals surface area contributed by atoms with Crippen molar-refractivity contribution in [1.29, 1.82) is 0 Å². The minimum absolute atomic E-state index is 0.167. The van der Waals surface area contributed by atoms with E-state index in [2.05, 4.69) is 24.5 Å². The van der Waals surface area contributed by atoms with Crippen molar-refractivity contribution in [2.45, 2.75) is 26.3 Å². The molecule has 0 aliphatic rings. The lowest BCUT2D eigenvalue weighted by atomic mass is 10.2. The minimum atomic E-state index is 0.167. The van der Waals surface area contributed by atoms with Crippen LogP contribution in [0.5, 0.6) is 5.75 Å². The largest absolute Gasteiger partial charge is 0.492 e. The van der Waals surface area contributed by atoms with Crippen LogP contribution in [-0.4, -0.2) is 12.6 Å². The van der Waals surface area contributed by atoms with E-state index in [9.17, 15) is 0 Å². The Labute approximate surface area is 85.2 Å². The molecule has 1 aromatic carbocycles. The number of ether oxygens (including phenoxy) is 1. The summed E-state index contributed by atoms with van der Waals surface area (Å²) in [5.41, 5.74) is 3.95. The number of rotatable bonds is 5. The normalized spacial score (nSPS) is 12.5. The molecule has 1 unspecified atom stereocenters. The monoisotopic (exact) mass is 194 g/mol. The zero-order valence-electron chi connectivity index (χ0n) is 8.79. The topological polar surface area (TPSA) is 47.3 Å². The van der Waals surface area contributed by atoms with E-state index in [0.29, 0.717) is 6.61 Å². The van der Waals surface area contributed by atoms with E-state index in [0.717, 1.165) is 12.2 Å². The van der Waals surface area contributed by atoms with Crippen molar-refractivity contribution in [2.24, 2.45) is 5.84 Å². The van der Waals surface area contributed by atoms with E-state index in [1.807, 2.05) is 19.1 Å². The Kier molecular flexibility index (Phi) is 4.43. The molecule has 0 spiro atoms. The Morgan fingerprint density at radius 2 is 2.00 bits per heavy atom. The molecule has 0 radical (unpaired) electrons. The highest BCUT2D eigenvalue weighted by Crippen LogP contribution is 2.12. The van der Waals surface area contributed by atoms with E-state index in [4.69, 9.17) is 10.6 Å². The lowest BCUT2D eigenvalue weighted by Crippen LogP contribution is -2.36. The fourth-order valence-corrected chi connectivity index (χ4v) is 1.09. The zero-order chi connectivity index (χ0) is 10.4. The van der Waals surface area contributed by atoms with Crippen LogP contribution in [0.25, 0.3) is 0 Å². The summed E-state index contributed by atoms with van der Waals surface area (Å²) >= 11 is 0. The third-order valence-electron chi connectivity index (χ3n) is 2.12. The molecule has 1 atom stereocenters. The number of hydrogen-bond donors (Lipinski definition) is 2. The number of nitrogens with two attached hydrogens (primary N) is 1. The Hall–Kier alpha value is -1.06. The first-order valence-electron chi connectivity index (χ1n) is 4.94. The van der Waals surface area contributed by atoms with Crippen LogP contribution in [0.4, 0.5) is 0 Å². The molecule has 14 heavy (non-hydrogen) atoms. The maximum Gasteiger partial charge on any atom is 0.119 e. The summed E-state index contributed by atoms with van der Waals surface area (Å²) in [6.45, 7) is 4.69. The van der Waals surface area contributed by atoms with Gasteiger partial charge in [-0.15, -0.1) is 0 Å². The highest BCUT2D eigenvalue weighted by Gasteiger charge is 1.99. The van der Waals surface area contributed by atoms with Crippen LogP contribution >= 0.6 is 0 Å². The summed E-state index contributed by atoms with van der Waals surface area (Å²) < 4.78 is 5.52. The van der Waals surface area contributed by atoms with Crippen LogP contribution in [0.15, 0.2) is 24.3 Å². The second kappa shape index (κ2) is 5.62. The molecule has 0 bridgehead atoms. The SMILES string of the molecule is CCc1ccc(OCC(C)NN)cc1. The van der Waals surface area contributed by atoms with Gasteiger partial charge in [-0.3, -0.25) is 11.3 Å². The van der Waals surface area contributed by atoms with Gasteiger partial charge < -0.3 is 4.74 Å². The first kappa shape index (κ1) is 11.0. The molecule has 3 nitrogen and oxygen atoms in total. The second-order valence-electron chi connectivity index (χ2n) is 3.38. The number of aryl methyl sites for hydroxylation is 1. The van der Waals surface area contributed by atoms with Crippen molar-refractivity contribution >= 4 is 0 Å². The zero-order valence-corrected chi connectivity index (χ0v) is 8.79. The summed E-state index contributed by atoms with van der Waals surface area (Å²) in [6, 6.07) is 8.30. The van der Waals surface area contributed by atoms with Gasteiger partial charge in [0, 0.05) is 0 Å². The van der Waals surface area contributed by atoms with Crippen LogP contribution in [-0.2, 0) is 6.42 Å². The van der Waals surface area contributed by atoms with Crippen molar-refractivity contribution in [3.05, 3.63) is 29.8 Å². The molecule has 0 fully saturated rings. The second-order valence-corrected chi connectivity index (χ2v) is 3.38. The highest BCUT2D eigenvalue weighted by molar-refractivity contribution is 5.27. The number of hydrogen-bond acceptors (Lipinski definition) is 3. The Balaban J connectivity index is 2.43. The molecule has 3 N–H and O–H groups in total. The Morgan fingerprint density at radius 3 is 2.50 bits per heavy atom. The van der Waals surface area contributed by atoms with Crippen molar-refractivity contribution in [3.8, 4) is 5.75 Å². The summed E-state index contributed by atoms with van der Waals surface area (Å²) in [4.78, 5) is 0. The minimum Gasteiger partial charge on any atom is -0.492 e. The maximum absolute atomic E-state index is 5.52. The predicted octanol–water partition coefficient (Wildman–Crippen LogP) is 1.48. The van der Waals surface area contributed by atoms with Crippen LogP contribution in [0, 0.1) is 0 Å². The van der Waals surface area contributed by atoms with Gasteiger partial charge in [-0.1, -0.05) is 19.1 Å². The summed E-state index contributed by atoms with van der Waals surface area (Å²) in [7, 11) is 0. The molecule has 3 heteroatoms. The van der Waals surface area contributed by atoms with Gasteiger partial charge in [0.15, 0.2) is 0 Å². The van der Waals surface area contributed by atoms with Gasteiger partial charge >= 0.3 is 0 Å². The fourth-order valence-electron chi connectivity index (χ4n) is 1.09. The van der Waals surface area contributed by atoms with E-state index >= 15 is 0 Å². The van der Waals surface area contributed by atoms with Gasteiger partial charge in [0.25, 0.3) is 0 Å². The molecule has 0 aliphatic carbocycles. The smallest absolute Gasteiger partial charge is 0.119 e. The molecular weight excluding hydrogens is 176 g/mol. The quantitative estimate of drug-likeness (QED) is 0.551. The average Bonchev–Trinajstić information content (AvgIpc) is 2.26. The molecule has 1 aromatic rings. The summed E-state index contributed by atoms with van der Waals surface area (Å²) in [6.07, 6.45) is 1.06. The molecular formula is C11H18N2O. The summed E-state index contributed by atoms with van der Waals surface area (Å²) in [5.74, 6) is 6.14. The van der Waals surface area contributed by atoms with Crippen LogP contribution in [0.3, 0.4) is 0 Å². The van der Waals surface area contributed by atoms with Gasteiger partial charge in [0.2, 0.25) is 0 Å². The number of hydrazine groups is 1. The molecule has 1 rings (SSSR count). The Bertz CT molecular complexity index is 258. The lowest BCUT2D eigenvalue weighted by Gasteiger charge is -2.11. The van der Waals surface area contributed by atoms with Crippen LogP contribution in [0.1, 0.15) is 19.4 Å². The standard InChI is InChI=1S/C11H18N2O/c1-3-10-4-6-11(7-5-10)14-8-9(2)13-12/h4-7,9,13H,3,8,12H2,1-2H3. The van der Waals surface area contributed by atoms with Crippen molar-refractivity contribution < 1.29 is 4.74 Å². The van der Waals surface area contributed by atoms with Crippen molar-refractivity contribution in [2.75, 3.05) is 6.61 Å². The average molecular weight is 194 g/mol. The van der Waals surface area contributed by atoms with E-state index in [-0.39, 0.29) is 6.04 Å². The van der Waals surface area contributed by atoms with E-state index < -0.39 is 0 Å². The molecule has 0 aromatic heterocycles. The third-order valence-corrected chi connectivity index (χ3v) is 2.12. The first-order chi connectivity index (χ1) is 6.76. The number of nitrogens with one attached hydrogen (secondary N) is 1. The Morgan fingerprint density at radius 1 is 1.36 bits per heavy atom. The summed E-state index contributed by atoms with van der Waals surface area (Å²) in [5, 5.41) is 0. The molecule has 0 saturated heterocycles. The van der Waals surface area contributed by atoms with Crippen LogP contribution in [0.2, 0.25) is 0 Å². The first-order valence-corrected chi connectivity index (χ1v) is 4.94. The molecule has 0 saturated carbocycles. The lowest BCUT2D eigenvalue weighted by molar-refractivity contribution is 0.274. The fraction of sp³-hybridized carbons (Fsp3) is 0.455. The van der Waals surface area contributed by atoms with Crippen molar-refractivity contribution in [3.63, 3.8) is 0 Å². The van der Waals surface area contributed by atoms with Gasteiger partial charge in [-0.2, -0.15) is 0 Å². The van der Waals surface area contributed by atoms with Crippen LogP contribution < -0.4 is 16.0 Å². The van der Waals surface area contributed by atoms with E-state index in [1.165, 1.54) is 5.56 Å². The molecule has 0 amide bonds. The van der Waals surface area contributed by atoms with Gasteiger partial charge in [0.1, 0.15) is 12.4 Å². The maximum atomic E-state index is 5.52. The molecule has 78 valence electrons. The third kappa shape index (κ3) is 3.36. The number of benzene rings is 1. The van der Waals surface area contributed by atoms with Gasteiger partial charge in [-0.05, 0) is 31.0 Å². The predicted molar refractivity (Wildman–Crippen MR) is 58.1 cm³/mol. The molecule has 0 heterocycles. The van der Waals surface area contributed by atoms with E-state index in [1.54, 1.807) is 0 Å². The van der Waals surface area contributed by atoms with Gasteiger partial charge in [0.05, 0.1) is 6.04 Å². The molecule has 0 aliphatic heterocycles. The van der Waals surface area contributed by atoms with Gasteiger partial charge in [-0.25, -0.2) is 0 Å². The van der Waals surface area contributed by atoms with Crippen molar-refractivity contribution in [1.82, 2.24) is 5.43 Å².